The summed E-state index contributed by atoms with van der Waals surface area (Å²) in [4.78, 5) is 37.9. The lowest BCUT2D eigenvalue weighted by Gasteiger charge is -2.24. The molecule has 0 aliphatic carbocycles. The Labute approximate surface area is 226 Å². The summed E-state index contributed by atoms with van der Waals surface area (Å²) in [5.74, 6) is -3.27. The van der Waals surface area contributed by atoms with Crippen molar-refractivity contribution < 1.29 is 54.9 Å². The zero-order valence-corrected chi connectivity index (χ0v) is 21.2. The second-order valence-electron chi connectivity index (χ2n) is 8.47. The van der Waals surface area contributed by atoms with Crippen LogP contribution >= 0.6 is 0 Å². The molecular weight excluding hydrogens is 557 g/mol. The number of carbonyl (C=O) groups is 3. The van der Waals surface area contributed by atoms with E-state index in [1.165, 1.54) is 72.8 Å². The molecule has 0 amide bonds. The third kappa shape index (κ3) is 6.32. The number of sulfone groups is 1. The summed E-state index contributed by atoms with van der Waals surface area (Å²) < 4.78 is 87.7. The highest BCUT2D eigenvalue weighted by Crippen LogP contribution is 2.39. The molecule has 0 saturated carbocycles. The molecule has 4 rings (SSSR count). The minimum Gasteiger partial charge on any atom is -0.459 e. The molecule has 40 heavy (non-hydrogen) atoms. The number of alkyl halides is 3. The lowest BCUT2D eigenvalue weighted by atomic mass is 10.1. The van der Waals surface area contributed by atoms with Crippen LogP contribution in [-0.4, -0.2) is 62.2 Å². The Morgan fingerprint density at radius 2 is 1.12 bits per heavy atom. The standard InChI is InChI=1S/C27H21F3O9S/c28-27(29,30)40(34,35)22-21(38-24(32)18-12-6-2-7-13-18)20(16-36-23(31)17-10-4-1-5-11-17)37-26(22)39-25(33)19-14-8-3-9-15-19/h1-15,20-22,26H,16H2/t20-,21-,22-,26-/m1/s1. The van der Waals surface area contributed by atoms with Crippen LogP contribution in [0, 0.1) is 0 Å². The van der Waals surface area contributed by atoms with Crippen molar-refractivity contribution >= 4 is 27.7 Å². The van der Waals surface area contributed by atoms with Gasteiger partial charge in [-0.1, -0.05) is 54.6 Å². The van der Waals surface area contributed by atoms with Crippen LogP contribution in [0.1, 0.15) is 31.1 Å². The molecule has 4 atom stereocenters. The first-order valence-electron chi connectivity index (χ1n) is 11.7. The lowest BCUT2D eigenvalue weighted by Crippen LogP contribution is -2.49. The van der Waals surface area contributed by atoms with Crippen molar-refractivity contribution in [2.75, 3.05) is 6.61 Å². The van der Waals surface area contributed by atoms with Gasteiger partial charge in [0.15, 0.2) is 11.4 Å². The minimum atomic E-state index is -6.17. The average molecular weight is 579 g/mol. The van der Waals surface area contributed by atoms with Crippen molar-refractivity contribution in [2.24, 2.45) is 0 Å². The van der Waals surface area contributed by atoms with E-state index in [-0.39, 0.29) is 16.7 Å². The second kappa shape index (κ2) is 11.9. The van der Waals surface area contributed by atoms with Crippen LogP contribution < -0.4 is 0 Å². The van der Waals surface area contributed by atoms with Crippen LogP contribution in [0.4, 0.5) is 13.2 Å². The van der Waals surface area contributed by atoms with Gasteiger partial charge in [0.1, 0.15) is 12.7 Å². The molecule has 210 valence electrons. The fourth-order valence-electron chi connectivity index (χ4n) is 3.87. The Balaban J connectivity index is 1.68. The minimum absolute atomic E-state index is 0.0878. The molecule has 0 bridgehead atoms. The van der Waals surface area contributed by atoms with Gasteiger partial charge in [0.05, 0.1) is 16.7 Å². The normalized spacial score (nSPS) is 20.9. The number of hydrogen-bond donors (Lipinski definition) is 0. The number of carbonyl (C=O) groups excluding carboxylic acids is 3. The summed E-state index contributed by atoms with van der Waals surface area (Å²) in [6.45, 7) is -0.830. The van der Waals surface area contributed by atoms with E-state index in [0.29, 0.717) is 0 Å². The molecule has 9 nitrogen and oxygen atoms in total. The number of hydrogen-bond acceptors (Lipinski definition) is 9. The van der Waals surface area contributed by atoms with Crippen LogP contribution in [-0.2, 0) is 28.8 Å². The molecule has 1 aliphatic heterocycles. The molecule has 0 N–H and O–H groups in total. The summed E-state index contributed by atoms with van der Waals surface area (Å²) in [6, 6.07) is 21.6. The molecule has 3 aromatic carbocycles. The van der Waals surface area contributed by atoms with Crippen LogP contribution in [0.25, 0.3) is 0 Å². The molecule has 0 unspecified atom stereocenters. The molecule has 3 aromatic rings. The number of halogens is 3. The van der Waals surface area contributed by atoms with E-state index in [1.54, 1.807) is 18.2 Å². The van der Waals surface area contributed by atoms with Crippen molar-refractivity contribution in [3.63, 3.8) is 0 Å². The zero-order valence-electron chi connectivity index (χ0n) is 20.4. The molecule has 13 heteroatoms. The number of benzene rings is 3. The summed E-state index contributed by atoms with van der Waals surface area (Å²) in [7, 11) is -6.17. The van der Waals surface area contributed by atoms with E-state index in [1.807, 2.05) is 0 Å². The Morgan fingerprint density at radius 1 is 0.700 bits per heavy atom. The highest BCUT2D eigenvalue weighted by Gasteiger charge is 2.64. The third-order valence-corrected chi connectivity index (χ3v) is 7.67. The summed E-state index contributed by atoms with van der Waals surface area (Å²) in [5.41, 5.74) is -5.96. The summed E-state index contributed by atoms with van der Waals surface area (Å²) in [6.07, 6.45) is -6.30. The van der Waals surface area contributed by atoms with E-state index in [4.69, 9.17) is 18.9 Å². The molecule has 1 heterocycles. The van der Waals surface area contributed by atoms with Gasteiger partial charge in [0, 0.05) is 0 Å². The highest BCUT2D eigenvalue weighted by atomic mass is 32.2. The summed E-state index contributed by atoms with van der Waals surface area (Å²) >= 11 is 0. The average Bonchev–Trinajstić information content (AvgIpc) is 3.29. The fourth-order valence-corrected chi connectivity index (χ4v) is 5.18. The van der Waals surface area contributed by atoms with Crippen molar-refractivity contribution in [3.8, 4) is 0 Å². The van der Waals surface area contributed by atoms with Crippen molar-refractivity contribution in [1.29, 1.82) is 0 Å². The van der Waals surface area contributed by atoms with Gasteiger partial charge in [-0.05, 0) is 36.4 Å². The lowest BCUT2D eigenvalue weighted by molar-refractivity contribution is -0.118. The van der Waals surface area contributed by atoms with Crippen molar-refractivity contribution in [3.05, 3.63) is 108 Å². The first-order chi connectivity index (χ1) is 19.0. The van der Waals surface area contributed by atoms with Crippen LogP contribution in [0.5, 0.6) is 0 Å². The molecule has 1 saturated heterocycles. The first-order valence-corrected chi connectivity index (χ1v) is 13.2. The Morgan fingerprint density at radius 3 is 1.57 bits per heavy atom. The monoisotopic (exact) mass is 578 g/mol. The Bertz CT molecular complexity index is 1450. The maximum atomic E-state index is 13.8. The smallest absolute Gasteiger partial charge is 0.459 e. The predicted octanol–water partition coefficient (Wildman–Crippen LogP) is 3.95. The van der Waals surface area contributed by atoms with E-state index in [2.05, 4.69) is 0 Å². The molecule has 0 spiro atoms. The van der Waals surface area contributed by atoms with Crippen LogP contribution in [0.3, 0.4) is 0 Å². The Hall–Kier alpha value is -4.23. The van der Waals surface area contributed by atoms with E-state index in [9.17, 15) is 36.0 Å². The van der Waals surface area contributed by atoms with E-state index in [0.717, 1.165) is 0 Å². The fraction of sp³-hybridized carbons (Fsp3) is 0.222. The molecular formula is C27H21F3O9S. The van der Waals surface area contributed by atoms with Crippen molar-refractivity contribution in [2.45, 2.75) is 29.3 Å². The number of ether oxygens (including phenoxy) is 4. The molecule has 1 aliphatic rings. The number of esters is 3. The van der Waals surface area contributed by atoms with Gasteiger partial charge in [-0.15, -0.1) is 0 Å². The maximum Gasteiger partial charge on any atom is 0.498 e. The van der Waals surface area contributed by atoms with Crippen LogP contribution in [0.2, 0.25) is 0 Å². The largest absolute Gasteiger partial charge is 0.498 e. The quantitative estimate of drug-likeness (QED) is 0.289. The zero-order chi connectivity index (χ0) is 28.9. The van der Waals surface area contributed by atoms with Crippen LogP contribution in [0.15, 0.2) is 91.0 Å². The second-order valence-corrected chi connectivity index (χ2v) is 10.6. The van der Waals surface area contributed by atoms with Gasteiger partial charge in [-0.25, -0.2) is 22.8 Å². The van der Waals surface area contributed by atoms with Gasteiger partial charge in [0.25, 0.3) is 9.84 Å². The topological polar surface area (TPSA) is 122 Å². The van der Waals surface area contributed by atoms with Gasteiger partial charge in [0.2, 0.25) is 6.29 Å². The van der Waals surface area contributed by atoms with Gasteiger partial charge >= 0.3 is 23.4 Å². The number of rotatable bonds is 8. The van der Waals surface area contributed by atoms with Gasteiger partial charge in [-0.2, -0.15) is 13.2 Å². The summed E-state index contributed by atoms with van der Waals surface area (Å²) in [5, 5.41) is -2.73. The highest BCUT2D eigenvalue weighted by molar-refractivity contribution is 7.93. The first kappa shape index (κ1) is 28.8. The predicted molar refractivity (Wildman–Crippen MR) is 132 cm³/mol. The maximum absolute atomic E-state index is 13.8. The van der Waals surface area contributed by atoms with Gasteiger partial charge in [-0.3, -0.25) is 0 Å². The molecule has 0 radical (unpaired) electrons. The van der Waals surface area contributed by atoms with Crippen molar-refractivity contribution in [1.82, 2.24) is 0 Å². The third-order valence-electron chi connectivity index (χ3n) is 5.82. The SMILES string of the molecule is O=C(OC[C@H]1O[C@H](OC(=O)c2ccccc2)[C@H](S(=O)(=O)C(F)(F)F)[C@@H]1OC(=O)c1ccccc1)c1ccccc1. The van der Waals surface area contributed by atoms with E-state index >= 15 is 0 Å². The Kier molecular flexibility index (Phi) is 8.55. The molecule has 1 fully saturated rings. The molecule has 0 aromatic heterocycles. The van der Waals surface area contributed by atoms with E-state index < -0.39 is 63.6 Å². The van der Waals surface area contributed by atoms with Gasteiger partial charge < -0.3 is 18.9 Å².